The lowest BCUT2D eigenvalue weighted by Gasteiger charge is -2.28. The fourth-order valence-corrected chi connectivity index (χ4v) is 3.44. The van der Waals surface area contributed by atoms with Crippen molar-refractivity contribution in [1.82, 2.24) is 14.5 Å². The summed E-state index contributed by atoms with van der Waals surface area (Å²) in [6.45, 7) is 1.96. The molecule has 1 amide bonds. The minimum atomic E-state index is -0.373. The van der Waals surface area contributed by atoms with Gasteiger partial charge in [-0.25, -0.2) is 4.98 Å². The highest BCUT2D eigenvalue weighted by Crippen LogP contribution is 2.27. The molecule has 0 N–H and O–H groups in total. The first-order chi connectivity index (χ1) is 13.9. The molecule has 0 saturated heterocycles. The Morgan fingerprint density at radius 3 is 2.34 bits per heavy atom. The van der Waals surface area contributed by atoms with Crippen molar-refractivity contribution < 1.29 is 14.3 Å². The molecule has 0 bridgehead atoms. The van der Waals surface area contributed by atoms with Crippen LogP contribution in [0.25, 0.3) is 10.9 Å². The fourth-order valence-electron chi connectivity index (χ4n) is 3.44. The highest BCUT2D eigenvalue weighted by atomic mass is 16.5. The molecule has 1 unspecified atom stereocenters. The first-order valence-electron chi connectivity index (χ1n) is 9.37. The molecule has 3 rings (SSSR count). The lowest BCUT2D eigenvalue weighted by molar-refractivity contribution is 0.0715. The molecule has 0 aliphatic rings. The van der Waals surface area contributed by atoms with E-state index in [9.17, 15) is 9.59 Å². The second kappa shape index (κ2) is 8.34. The lowest BCUT2D eigenvalue weighted by atomic mass is 10.1. The van der Waals surface area contributed by atoms with Crippen molar-refractivity contribution in [3.63, 3.8) is 0 Å². The molecule has 1 heterocycles. The summed E-state index contributed by atoms with van der Waals surface area (Å²) in [6.07, 6.45) is 0.599. The van der Waals surface area contributed by atoms with Gasteiger partial charge >= 0.3 is 0 Å². The third kappa shape index (κ3) is 3.81. The van der Waals surface area contributed by atoms with E-state index < -0.39 is 0 Å². The highest BCUT2D eigenvalue weighted by Gasteiger charge is 2.26. The van der Waals surface area contributed by atoms with E-state index in [1.165, 1.54) is 18.8 Å². The van der Waals surface area contributed by atoms with Crippen LogP contribution in [0.15, 0.2) is 47.3 Å². The molecular weight excluding hydrogens is 370 g/mol. The second-order valence-corrected chi connectivity index (χ2v) is 6.79. The van der Waals surface area contributed by atoms with E-state index in [1.54, 1.807) is 43.3 Å². The number of amides is 1. The molecule has 0 aliphatic heterocycles. The number of carbonyl (C=O) groups excluding carboxylic acids is 1. The smallest absolute Gasteiger partial charge is 0.261 e. The van der Waals surface area contributed by atoms with Crippen molar-refractivity contribution in [2.45, 2.75) is 19.4 Å². The topological polar surface area (TPSA) is 73.7 Å². The van der Waals surface area contributed by atoms with Gasteiger partial charge in [0.05, 0.1) is 31.2 Å². The maximum Gasteiger partial charge on any atom is 0.261 e. The maximum atomic E-state index is 13.2. The van der Waals surface area contributed by atoms with Crippen LogP contribution in [-0.4, -0.2) is 41.6 Å². The SMILES string of the molecule is CCC(c1nc2ccccc2c(=O)n1C)N(C)C(=O)c1cc(OC)cc(OC)c1. The normalized spacial score (nSPS) is 11.9. The summed E-state index contributed by atoms with van der Waals surface area (Å²) in [5.74, 6) is 1.40. The van der Waals surface area contributed by atoms with Crippen molar-refractivity contribution in [2.24, 2.45) is 7.05 Å². The minimum Gasteiger partial charge on any atom is -0.497 e. The first-order valence-corrected chi connectivity index (χ1v) is 9.37. The summed E-state index contributed by atoms with van der Waals surface area (Å²) >= 11 is 0. The third-order valence-electron chi connectivity index (χ3n) is 5.09. The van der Waals surface area contributed by atoms with Crippen LogP contribution < -0.4 is 15.0 Å². The van der Waals surface area contributed by atoms with Crippen molar-refractivity contribution in [1.29, 1.82) is 0 Å². The van der Waals surface area contributed by atoms with Gasteiger partial charge in [-0.05, 0) is 30.7 Å². The number of benzene rings is 2. The predicted molar refractivity (Wildman–Crippen MR) is 112 cm³/mol. The summed E-state index contributed by atoms with van der Waals surface area (Å²) in [6, 6.07) is 11.9. The molecule has 7 nitrogen and oxygen atoms in total. The van der Waals surface area contributed by atoms with Crippen molar-refractivity contribution in [3.8, 4) is 11.5 Å². The quantitative estimate of drug-likeness (QED) is 0.641. The number of fused-ring (bicyclic) bond motifs is 1. The standard InChI is InChI=1S/C22H25N3O4/c1-6-19(20-23-18-10-8-7-9-17(18)22(27)25(20)3)24(2)21(26)14-11-15(28-4)13-16(12-14)29-5/h7-13,19H,6H2,1-5H3. The molecule has 1 aromatic heterocycles. The number of ether oxygens (including phenoxy) is 2. The van der Waals surface area contributed by atoms with E-state index in [0.717, 1.165) is 0 Å². The molecule has 0 fully saturated rings. The Morgan fingerprint density at radius 2 is 1.76 bits per heavy atom. The summed E-state index contributed by atoms with van der Waals surface area (Å²) in [7, 11) is 6.48. The number of para-hydroxylation sites is 1. The molecular formula is C22H25N3O4. The Morgan fingerprint density at radius 1 is 1.14 bits per heavy atom. The van der Waals surface area contributed by atoms with Gasteiger partial charge in [-0.3, -0.25) is 14.2 Å². The van der Waals surface area contributed by atoms with Crippen LogP contribution in [0.2, 0.25) is 0 Å². The van der Waals surface area contributed by atoms with Crippen LogP contribution >= 0.6 is 0 Å². The zero-order valence-corrected chi connectivity index (χ0v) is 17.3. The maximum absolute atomic E-state index is 13.2. The number of carbonyl (C=O) groups is 1. The molecule has 1 atom stereocenters. The van der Waals surface area contributed by atoms with E-state index in [0.29, 0.717) is 40.2 Å². The van der Waals surface area contributed by atoms with Crippen LogP contribution in [0.5, 0.6) is 11.5 Å². The van der Waals surface area contributed by atoms with E-state index >= 15 is 0 Å². The molecule has 0 saturated carbocycles. The van der Waals surface area contributed by atoms with Gasteiger partial charge in [-0.1, -0.05) is 19.1 Å². The van der Waals surface area contributed by atoms with Gasteiger partial charge in [0.15, 0.2) is 0 Å². The Labute approximate surface area is 169 Å². The molecule has 7 heteroatoms. The number of aromatic nitrogens is 2. The molecule has 152 valence electrons. The zero-order chi connectivity index (χ0) is 21.1. The van der Waals surface area contributed by atoms with Gasteiger partial charge in [0, 0.05) is 25.7 Å². The summed E-state index contributed by atoms with van der Waals surface area (Å²) in [5, 5.41) is 0.556. The summed E-state index contributed by atoms with van der Waals surface area (Å²) in [5.41, 5.74) is 0.925. The van der Waals surface area contributed by atoms with Crippen LogP contribution in [0.3, 0.4) is 0 Å². The van der Waals surface area contributed by atoms with E-state index in [2.05, 4.69) is 0 Å². The largest absolute Gasteiger partial charge is 0.497 e. The van der Waals surface area contributed by atoms with E-state index in [1.807, 2.05) is 25.1 Å². The van der Waals surface area contributed by atoms with Crippen LogP contribution in [0, 0.1) is 0 Å². The van der Waals surface area contributed by atoms with Gasteiger partial charge in [0.25, 0.3) is 11.5 Å². The average molecular weight is 395 g/mol. The van der Waals surface area contributed by atoms with Crippen molar-refractivity contribution in [2.75, 3.05) is 21.3 Å². The summed E-state index contributed by atoms with van der Waals surface area (Å²) < 4.78 is 12.1. The van der Waals surface area contributed by atoms with Gasteiger partial charge in [-0.2, -0.15) is 0 Å². The van der Waals surface area contributed by atoms with Gasteiger partial charge in [0.2, 0.25) is 0 Å². The Bertz CT molecular complexity index is 1080. The molecule has 0 aliphatic carbocycles. The number of nitrogens with zero attached hydrogens (tertiary/aromatic N) is 3. The minimum absolute atomic E-state index is 0.132. The van der Waals surface area contributed by atoms with Crippen LogP contribution in [-0.2, 0) is 7.05 Å². The van der Waals surface area contributed by atoms with Gasteiger partial charge in [-0.15, -0.1) is 0 Å². The summed E-state index contributed by atoms with van der Waals surface area (Å²) in [4.78, 5) is 32.3. The number of rotatable bonds is 6. The van der Waals surface area contributed by atoms with E-state index in [4.69, 9.17) is 14.5 Å². The Kier molecular flexibility index (Phi) is 5.87. The molecule has 3 aromatic rings. The number of hydrogen-bond acceptors (Lipinski definition) is 5. The lowest BCUT2D eigenvalue weighted by Crippen LogP contribution is -2.35. The van der Waals surface area contributed by atoms with Crippen molar-refractivity contribution >= 4 is 16.8 Å². The monoisotopic (exact) mass is 395 g/mol. The average Bonchev–Trinajstić information content (AvgIpc) is 2.76. The molecule has 2 aromatic carbocycles. The third-order valence-corrected chi connectivity index (χ3v) is 5.09. The van der Waals surface area contributed by atoms with E-state index in [-0.39, 0.29) is 17.5 Å². The molecule has 0 spiro atoms. The van der Waals surface area contributed by atoms with Crippen LogP contribution in [0.4, 0.5) is 0 Å². The Hall–Kier alpha value is -3.35. The first kappa shape index (κ1) is 20.4. The zero-order valence-electron chi connectivity index (χ0n) is 17.3. The van der Waals surface area contributed by atoms with Gasteiger partial charge in [0.1, 0.15) is 17.3 Å². The highest BCUT2D eigenvalue weighted by molar-refractivity contribution is 5.95. The number of hydrogen-bond donors (Lipinski definition) is 0. The van der Waals surface area contributed by atoms with Gasteiger partial charge < -0.3 is 14.4 Å². The molecule has 29 heavy (non-hydrogen) atoms. The number of methoxy groups -OCH3 is 2. The van der Waals surface area contributed by atoms with Crippen LogP contribution in [0.1, 0.15) is 35.6 Å². The second-order valence-electron chi connectivity index (χ2n) is 6.79. The van der Waals surface area contributed by atoms with Crippen molar-refractivity contribution in [3.05, 3.63) is 64.2 Å². The molecule has 0 radical (unpaired) electrons. The fraction of sp³-hybridized carbons (Fsp3) is 0.318. The predicted octanol–water partition coefficient (Wildman–Crippen LogP) is 3.17. The Balaban J connectivity index is 2.05.